The summed E-state index contributed by atoms with van der Waals surface area (Å²) in [6.07, 6.45) is 7.32. The van der Waals surface area contributed by atoms with Crippen LogP contribution in [0.2, 0.25) is 0 Å². The van der Waals surface area contributed by atoms with Crippen molar-refractivity contribution < 1.29 is 0 Å². The van der Waals surface area contributed by atoms with E-state index < -0.39 is 0 Å². The largest absolute Gasteiger partial charge is 0.399 e. The molecule has 92 valence electrons. The molecule has 0 fully saturated rings. The molecule has 0 spiro atoms. The predicted molar refractivity (Wildman–Crippen MR) is 72.3 cm³/mol. The molecule has 0 unspecified atom stereocenters. The van der Waals surface area contributed by atoms with Crippen LogP contribution in [0.1, 0.15) is 29.1 Å². The fourth-order valence-electron chi connectivity index (χ4n) is 2.48. The van der Waals surface area contributed by atoms with Crippen molar-refractivity contribution in [3.8, 4) is 0 Å². The number of benzene rings is 1. The SMILES string of the molecule is Nc1cccc(CCc2ncc3c(n2)CCC3)c1. The Kier molecular flexibility index (Phi) is 2.97. The van der Waals surface area contributed by atoms with E-state index in [1.54, 1.807) is 0 Å². The maximum Gasteiger partial charge on any atom is 0.128 e. The van der Waals surface area contributed by atoms with Crippen molar-refractivity contribution in [1.29, 1.82) is 0 Å². The van der Waals surface area contributed by atoms with E-state index in [2.05, 4.69) is 16.0 Å². The zero-order valence-corrected chi connectivity index (χ0v) is 10.4. The number of nitrogens with two attached hydrogens (primary N) is 1. The van der Waals surface area contributed by atoms with Crippen LogP contribution in [0.5, 0.6) is 0 Å². The van der Waals surface area contributed by atoms with Gasteiger partial charge < -0.3 is 5.73 Å². The quantitative estimate of drug-likeness (QED) is 0.836. The minimum absolute atomic E-state index is 0.822. The molecule has 2 N–H and O–H groups in total. The molecule has 0 atom stereocenters. The maximum absolute atomic E-state index is 5.77. The van der Waals surface area contributed by atoms with Gasteiger partial charge in [0.2, 0.25) is 0 Å². The summed E-state index contributed by atoms with van der Waals surface area (Å²) in [6.45, 7) is 0. The summed E-state index contributed by atoms with van der Waals surface area (Å²) in [7, 11) is 0. The van der Waals surface area contributed by atoms with Crippen molar-refractivity contribution in [3.63, 3.8) is 0 Å². The highest BCUT2D eigenvalue weighted by Crippen LogP contribution is 2.19. The van der Waals surface area contributed by atoms with Crippen molar-refractivity contribution in [2.45, 2.75) is 32.1 Å². The highest BCUT2D eigenvalue weighted by Gasteiger charge is 2.13. The zero-order valence-electron chi connectivity index (χ0n) is 10.4. The summed E-state index contributed by atoms with van der Waals surface area (Å²) in [6, 6.07) is 8.03. The number of aryl methyl sites for hydroxylation is 4. The molecule has 1 aliphatic carbocycles. The van der Waals surface area contributed by atoms with Crippen molar-refractivity contribution >= 4 is 5.69 Å². The van der Waals surface area contributed by atoms with Gasteiger partial charge in [-0.1, -0.05) is 12.1 Å². The van der Waals surface area contributed by atoms with Gasteiger partial charge in [0.1, 0.15) is 5.82 Å². The Morgan fingerprint density at radius 1 is 1.17 bits per heavy atom. The summed E-state index contributed by atoms with van der Waals surface area (Å²) in [5.74, 6) is 0.957. The van der Waals surface area contributed by atoms with E-state index in [1.807, 2.05) is 24.4 Å². The second-order valence-corrected chi connectivity index (χ2v) is 4.86. The van der Waals surface area contributed by atoms with Gasteiger partial charge in [-0.15, -0.1) is 0 Å². The van der Waals surface area contributed by atoms with Gasteiger partial charge in [-0.05, 0) is 48.9 Å². The number of nitrogens with zero attached hydrogens (tertiary/aromatic N) is 2. The third-order valence-electron chi connectivity index (χ3n) is 3.45. The van der Waals surface area contributed by atoms with Gasteiger partial charge in [0.25, 0.3) is 0 Å². The monoisotopic (exact) mass is 239 g/mol. The van der Waals surface area contributed by atoms with Crippen LogP contribution in [0.15, 0.2) is 30.5 Å². The zero-order chi connectivity index (χ0) is 12.4. The number of fused-ring (bicyclic) bond motifs is 1. The summed E-state index contributed by atoms with van der Waals surface area (Å²) in [5.41, 5.74) is 10.4. The molecule has 18 heavy (non-hydrogen) atoms. The Hall–Kier alpha value is -1.90. The van der Waals surface area contributed by atoms with Crippen LogP contribution in [0.25, 0.3) is 0 Å². The molecule has 0 saturated heterocycles. The second kappa shape index (κ2) is 4.77. The van der Waals surface area contributed by atoms with Crippen LogP contribution < -0.4 is 5.73 Å². The molecule has 3 heteroatoms. The van der Waals surface area contributed by atoms with Gasteiger partial charge in [0.15, 0.2) is 0 Å². The van der Waals surface area contributed by atoms with E-state index in [0.717, 1.165) is 37.2 Å². The minimum atomic E-state index is 0.822. The molecule has 1 aromatic carbocycles. The van der Waals surface area contributed by atoms with Gasteiger partial charge in [-0.2, -0.15) is 0 Å². The highest BCUT2D eigenvalue weighted by atomic mass is 14.9. The standard InChI is InChI=1S/C15H17N3/c16-13-5-1-3-11(9-13)7-8-15-17-10-12-4-2-6-14(12)18-15/h1,3,5,9-10H,2,4,6-8,16H2. The third-order valence-corrected chi connectivity index (χ3v) is 3.45. The highest BCUT2D eigenvalue weighted by molar-refractivity contribution is 5.40. The van der Waals surface area contributed by atoms with Gasteiger partial charge in [0, 0.05) is 24.0 Å². The van der Waals surface area contributed by atoms with Crippen LogP contribution >= 0.6 is 0 Å². The Labute approximate surface area is 107 Å². The van der Waals surface area contributed by atoms with Gasteiger partial charge in [-0.3, -0.25) is 0 Å². The Morgan fingerprint density at radius 2 is 2.11 bits per heavy atom. The van der Waals surface area contributed by atoms with Crippen molar-refractivity contribution in [1.82, 2.24) is 9.97 Å². The van der Waals surface area contributed by atoms with Crippen LogP contribution in [-0.2, 0) is 25.7 Å². The first-order chi connectivity index (χ1) is 8.81. The summed E-state index contributed by atoms with van der Waals surface area (Å²) >= 11 is 0. The first kappa shape index (κ1) is 11.2. The third kappa shape index (κ3) is 2.35. The average molecular weight is 239 g/mol. The molecular formula is C15H17N3. The van der Waals surface area contributed by atoms with Crippen LogP contribution in [-0.4, -0.2) is 9.97 Å². The van der Waals surface area contributed by atoms with Crippen molar-refractivity contribution in [2.75, 3.05) is 5.73 Å². The first-order valence-corrected chi connectivity index (χ1v) is 6.49. The lowest BCUT2D eigenvalue weighted by atomic mass is 10.1. The number of nitrogen functional groups attached to an aromatic ring is 1. The van der Waals surface area contributed by atoms with E-state index in [-0.39, 0.29) is 0 Å². The minimum Gasteiger partial charge on any atom is -0.399 e. The van der Waals surface area contributed by atoms with E-state index in [0.29, 0.717) is 0 Å². The lowest BCUT2D eigenvalue weighted by molar-refractivity contribution is 0.833. The fourth-order valence-corrected chi connectivity index (χ4v) is 2.48. The molecule has 0 bridgehead atoms. The van der Waals surface area contributed by atoms with E-state index >= 15 is 0 Å². The van der Waals surface area contributed by atoms with Crippen LogP contribution in [0, 0.1) is 0 Å². The summed E-state index contributed by atoms with van der Waals surface area (Å²) in [4.78, 5) is 9.09. The van der Waals surface area contributed by atoms with Crippen LogP contribution in [0.3, 0.4) is 0 Å². The number of anilines is 1. The van der Waals surface area contributed by atoms with E-state index in [4.69, 9.17) is 5.73 Å². The average Bonchev–Trinajstić information content (AvgIpc) is 2.84. The van der Waals surface area contributed by atoms with E-state index in [1.165, 1.54) is 23.2 Å². The molecule has 0 saturated carbocycles. The molecule has 1 aromatic heterocycles. The smallest absolute Gasteiger partial charge is 0.128 e. The molecule has 0 aliphatic heterocycles. The first-order valence-electron chi connectivity index (χ1n) is 6.49. The van der Waals surface area contributed by atoms with Crippen molar-refractivity contribution in [3.05, 3.63) is 53.1 Å². The predicted octanol–water partition coefficient (Wildman–Crippen LogP) is 2.33. The van der Waals surface area contributed by atoms with Gasteiger partial charge >= 0.3 is 0 Å². The number of hydrogen-bond donors (Lipinski definition) is 1. The topological polar surface area (TPSA) is 51.8 Å². The van der Waals surface area contributed by atoms with Crippen LogP contribution in [0.4, 0.5) is 5.69 Å². The second-order valence-electron chi connectivity index (χ2n) is 4.86. The number of aromatic nitrogens is 2. The summed E-state index contributed by atoms with van der Waals surface area (Å²) < 4.78 is 0. The molecular weight excluding hydrogens is 222 g/mol. The molecule has 1 aliphatic rings. The molecule has 0 radical (unpaired) electrons. The van der Waals surface area contributed by atoms with Crippen molar-refractivity contribution in [2.24, 2.45) is 0 Å². The fraction of sp³-hybridized carbons (Fsp3) is 0.333. The van der Waals surface area contributed by atoms with Gasteiger partial charge in [0.05, 0.1) is 0 Å². The molecule has 2 aromatic rings. The Morgan fingerprint density at radius 3 is 3.00 bits per heavy atom. The number of hydrogen-bond acceptors (Lipinski definition) is 3. The van der Waals surface area contributed by atoms with E-state index in [9.17, 15) is 0 Å². The normalized spacial score (nSPS) is 13.6. The molecule has 0 amide bonds. The lowest BCUT2D eigenvalue weighted by Crippen LogP contribution is -2.01. The maximum atomic E-state index is 5.77. The Bertz CT molecular complexity index is 563. The van der Waals surface area contributed by atoms with Gasteiger partial charge in [-0.25, -0.2) is 9.97 Å². The Balaban J connectivity index is 1.70. The lowest BCUT2D eigenvalue weighted by Gasteiger charge is -2.04. The summed E-state index contributed by atoms with van der Waals surface area (Å²) in [5, 5.41) is 0. The molecule has 3 rings (SSSR count). The number of rotatable bonds is 3. The molecule has 3 nitrogen and oxygen atoms in total. The molecule has 1 heterocycles.